The second kappa shape index (κ2) is 10.8. The lowest BCUT2D eigenvalue weighted by Gasteiger charge is -2.10. The third-order valence-electron chi connectivity index (χ3n) is 11.6. The first-order valence-electron chi connectivity index (χ1n) is 18.4. The second-order valence-corrected chi connectivity index (χ2v) is 14.4. The standard InChI is InChI=1S/C50H27N5/c51-28-30-21-31(29-52)23-32(22-30)33-24-42-40-26-34(53-44-13-5-1-9-36(44)37-10-2-6-14-45(37)53)17-19-48(40)55-49-20-18-35(27-41(49)43(25-33)50(42)55)54-46-15-7-3-11-38(46)39-12-4-8-16-47(39)54/h1-27H. The second-order valence-electron chi connectivity index (χ2n) is 14.4. The number of hydrogen-bond acceptors (Lipinski definition) is 2. The van der Waals surface area contributed by atoms with Crippen LogP contribution in [0.2, 0.25) is 0 Å². The van der Waals surface area contributed by atoms with Crippen LogP contribution < -0.4 is 0 Å². The molecule has 4 aromatic heterocycles. The molecule has 8 aromatic carbocycles. The van der Waals surface area contributed by atoms with Gasteiger partial charge in [0.25, 0.3) is 0 Å². The fourth-order valence-corrected chi connectivity index (χ4v) is 9.30. The average Bonchev–Trinajstić information content (AvgIpc) is 3.97. The van der Waals surface area contributed by atoms with Crippen LogP contribution in [-0.2, 0) is 0 Å². The average molecular weight is 698 g/mol. The van der Waals surface area contributed by atoms with Crippen LogP contribution in [0.4, 0.5) is 0 Å². The Bertz CT molecular complexity index is 3350. The van der Waals surface area contributed by atoms with E-state index in [-0.39, 0.29) is 0 Å². The number of aromatic nitrogens is 3. The molecule has 55 heavy (non-hydrogen) atoms. The van der Waals surface area contributed by atoms with Crippen LogP contribution >= 0.6 is 0 Å². The van der Waals surface area contributed by atoms with Gasteiger partial charge in [-0.05, 0) is 102 Å². The first-order chi connectivity index (χ1) is 27.2. The van der Waals surface area contributed by atoms with E-state index < -0.39 is 0 Å². The first kappa shape index (κ1) is 29.7. The molecule has 252 valence electrons. The monoisotopic (exact) mass is 697 g/mol. The van der Waals surface area contributed by atoms with E-state index in [1.54, 1.807) is 6.07 Å². The first-order valence-corrected chi connectivity index (χ1v) is 18.4. The number of hydrogen-bond donors (Lipinski definition) is 0. The number of benzene rings is 8. The van der Waals surface area contributed by atoms with Crippen LogP contribution in [0.1, 0.15) is 11.1 Å². The van der Waals surface area contributed by atoms with Gasteiger partial charge in [-0.2, -0.15) is 10.5 Å². The topological polar surface area (TPSA) is 61.9 Å². The molecule has 12 rings (SSSR count). The Morgan fingerprint density at radius 1 is 0.327 bits per heavy atom. The Morgan fingerprint density at radius 2 is 0.709 bits per heavy atom. The Labute approximate surface area is 314 Å². The predicted octanol–water partition coefficient (Wildman–Crippen LogP) is 12.4. The van der Waals surface area contributed by atoms with Gasteiger partial charge in [-0.25, -0.2) is 0 Å². The number of para-hydroxylation sites is 4. The summed E-state index contributed by atoms with van der Waals surface area (Å²) in [5.41, 5.74) is 13.0. The molecule has 0 aliphatic carbocycles. The summed E-state index contributed by atoms with van der Waals surface area (Å²) in [6, 6.07) is 62.5. The fourth-order valence-electron chi connectivity index (χ4n) is 9.30. The SMILES string of the molecule is N#Cc1cc(C#N)cc(-c2cc3c4cc(-n5c6ccccc6c6ccccc65)ccc4n4c5ccc(-n6c7ccccc7c7ccccc76)cc5c(c2)c34)c1. The highest BCUT2D eigenvalue weighted by atomic mass is 15.0. The highest BCUT2D eigenvalue weighted by Crippen LogP contribution is 2.44. The van der Waals surface area contributed by atoms with Crippen LogP contribution in [0.15, 0.2) is 164 Å². The molecule has 0 amide bonds. The molecule has 0 unspecified atom stereocenters. The van der Waals surface area contributed by atoms with Crippen molar-refractivity contribution in [2.24, 2.45) is 0 Å². The number of nitriles is 2. The quantitative estimate of drug-likeness (QED) is 0.184. The zero-order chi connectivity index (χ0) is 36.4. The zero-order valence-electron chi connectivity index (χ0n) is 29.3. The molecular formula is C50H27N5. The molecule has 0 aliphatic heterocycles. The van der Waals surface area contributed by atoms with Crippen LogP contribution in [0.25, 0.3) is 104 Å². The Kier molecular flexibility index (Phi) is 5.85. The summed E-state index contributed by atoms with van der Waals surface area (Å²) in [4.78, 5) is 0. The molecule has 0 bridgehead atoms. The van der Waals surface area contributed by atoms with Crippen molar-refractivity contribution in [1.29, 1.82) is 10.5 Å². The molecule has 0 spiro atoms. The summed E-state index contributed by atoms with van der Waals surface area (Å²) >= 11 is 0. The van der Waals surface area contributed by atoms with Crippen molar-refractivity contribution in [2.45, 2.75) is 0 Å². The van der Waals surface area contributed by atoms with Crippen LogP contribution in [0, 0.1) is 22.7 Å². The van der Waals surface area contributed by atoms with Gasteiger partial charge in [0.15, 0.2) is 0 Å². The molecule has 0 atom stereocenters. The van der Waals surface area contributed by atoms with E-state index in [0.717, 1.165) is 60.6 Å². The molecule has 0 fully saturated rings. The van der Waals surface area contributed by atoms with Gasteiger partial charge in [-0.15, -0.1) is 0 Å². The van der Waals surface area contributed by atoms with Crippen LogP contribution in [0.3, 0.4) is 0 Å². The van der Waals surface area contributed by atoms with Gasteiger partial charge < -0.3 is 13.5 Å². The highest BCUT2D eigenvalue weighted by molar-refractivity contribution is 6.25. The summed E-state index contributed by atoms with van der Waals surface area (Å²) in [6.07, 6.45) is 0. The van der Waals surface area contributed by atoms with E-state index in [1.807, 2.05) is 12.1 Å². The van der Waals surface area contributed by atoms with E-state index in [4.69, 9.17) is 0 Å². The molecule has 0 aliphatic rings. The third-order valence-corrected chi connectivity index (χ3v) is 11.6. The molecule has 0 radical (unpaired) electrons. The molecule has 5 heteroatoms. The van der Waals surface area contributed by atoms with Crippen molar-refractivity contribution in [3.63, 3.8) is 0 Å². The van der Waals surface area contributed by atoms with Crippen LogP contribution in [0.5, 0.6) is 0 Å². The van der Waals surface area contributed by atoms with Crippen molar-refractivity contribution in [2.75, 3.05) is 0 Å². The van der Waals surface area contributed by atoms with Gasteiger partial charge in [0.1, 0.15) is 0 Å². The summed E-state index contributed by atoms with van der Waals surface area (Å²) < 4.78 is 7.15. The smallest absolute Gasteiger partial charge is 0.0992 e. The highest BCUT2D eigenvalue weighted by Gasteiger charge is 2.22. The van der Waals surface area contributed by atoms with Crippen molar-refractivity contribution >= 4 is 81.7 Å². The minimum absolute atomic E-state index is 0.468. The van der Waals surface area contributed by atoms with Gasteiger partial charge in [0.2, 0.25) is 0 Å². The molecule has 0 N–H and O–H groups in total. The predicted molar refractivity (Wildman–Crippen MR) is 225 cm³/mol. The Hall–Kier alpha value is -7.86. The number of nitrogens with zero attached hydrogens (tertiary/aromatic N) is 5. The van der Waals surface area contributed by atoms with Gasteiger partial charge in [-0.1, -0.05) is 72.8 Å². The lowest BCUT2D eigenvalue weighted by atomic mass is 9.96. The van der Waals surface area contributed by atoms with Gasteiger partial charge in [-0.3, -0.25) is 0 Å². The maximum Gasteiger partial charge on any atom is 0.0992 e. The molecule has 0 saturated carbocycles. The lowest BCUT2D eigenvalue weighted by Crippen LogP contribution is -1.94. The number of rotatable bonds is 3. The third kappa shape index (κ3) is 3.99. The zero-order valence-corrected chi connectivity index (χ0v) is 29.3. The summed E-state index contributed by atoms with van der Waals surface area (Å²) in [6.45, 7) is 0. The largest absolute Gasteiger partial charge is 0.309 e. The van der Waals surface area contributed by atoms with Crippen molar-refractivity contribution in [1.82, 2.24) is 13.5 Å². The molecule has 12 aromatic rings. The fraction of sp³-hybridized carbons (Fsp3) is 0. The Balaban J connectivity index is 1.19. The van der Waals surface area contributed by atoms with Gasteiger partial charge in [0, 0.05) is 54.5 Å². The van der Waals surface area contributed by atoms with Crippen molar-refractivity contribution in [3.8, 4) is 34.6 Å². The summed E-state index contributed by atoms with van der Waals surface area (Å²) in [5.74, 6) is 0. The van der Waals surface area contributed by atoms with Crippen LogP contribution in [-0.4, -0.2) is 13.5 Å². The summed E-state index contributed by atoms with van der Waals surface area (Å²) in [5, 5.41) is 29.3. The number of fused-ring (bicyclic) bond motifs is 12. The maximum absolute atomic E-state index is 9.92. The van der Waals surface area contributed by atoms with E-state index in [0.29, 0.717) is 11.1 Å². The normalized spacial score (nSPS) is 12.0. The summed E-state index contributed by atoms with van der Waals surface area (Å²) in [7, 11) is 0. The molecular weight excluding hydrogens is 671 g/mol. The Morgan fingerprint density at radius 3 is 1.11 bits per heavy atom. The molecule has 0 saturated heterocycles. The van der Waals surface area contributed by atoms with E-state index in [1.165, 1.54) is 43.6 Å². The maximum atomic E-state index is 9.92. The van der Waals surface area contributed by atoms with Crippen molar-refractivity contribution < 1.29 is 0 Å². The van der Waals surface area contributed by atoms with E-state index in [9.17, 15) is 10.5 Å². The lowest BCUT2D eigenvalue weighted by molar-refractivity contribution is 1.18. The van der Waals surface area contributed by atoms with E-state index >= 15 is 0 Å². The van der Waals surface area contributed by atoms with E-state index in [2.05, 4.69) is 171 Å². The minimum Gasteiger partial charge on any atom is -0.309 e. The van der Waals surface area contributed by atoms with Crippen molar-refractivity contribution in [3.05, 3.63) is 175 Å². The van der Waals surface area contributed by atoms with Gasteiger partial charge >= 0.3 is 0 Å². The van der Waals surface area contributed by atoms with Gasteiger partial charge in [0.05, 0.1) is 61.9 Å². The minimum atomic E-state index is 0.468. The molecule has 5 nitrogen and oxygen atoms in total. The molecule has 4 heterocycles.